The largest absolute Gasteiger partial charge is 0.492 e. The van der Waals surface area contributed by atoms with Crippen LogP contribution in [0.5, 0.6) is 0 Å². The SMILES string of the molecule is CCOC1=C(C(=O)Nc2ccccc2)C=CC(N2CCC(F)(F)C(=CC(=O)N(C)C)c3ccccc32)C1=C=O. The summed E-state index contributed by atoms with van der Waals surface area (Å²) in [6, 6.07) is 14.5. The van der Waals surface area contributed by atoms with Crippen molar-refractivity contribution in [1.29, 1.82) is 0 Å². The second kappa shape index (κ2) is 11.5. The topological polar surface area (TPSA) is 79.0 Å². The van der Waals surface area contributed by atoms with Gasteiger partial charge in [-0.3, -0.25) is 9.59 Å². The predicted octanol–water partition coefficient (Wildman–Crippen LogP) is 4.63. The average molecular weight is 534 g/mol. The van der Waals surface area contributed by atoms with Crippen molar-refractivity contribution < 1.29 is 27.9 Å². The number of halogens is 2. The van der Waals surface area contributed by atoms with Crippen LogP contribution in [0.3, 0.4) is 0 Å². The summed E-state index contributed by atoms with van der Waals surface area (Å²) in [6.45, 7) is 1.75. The first kappa shape index (κ1) is 27.5. The van der Waals surface area contributed by atoms with Crippen molar-refractivity contribution >= 4 is 34.7 Å². The van der Waals surface area contributed by atoms with Crippen molar-refractivity contribution in [2.45, 2.75) is 25.3 Å². The number of hydrogen-bond acceptors (Lipinski definition) is 5. The monoisotopic (exact) mass is 533 g/mol. The molecule has 2 amide bonds. The minimum atomic E-state index is -3.31. The van der Waals surface area contributed by atoms with Crippen LogP contribution in [-0.2, 0) is 19.1 Å². The van der Waals surface area contributed by atoms with E-state index in [4.69, 9.17) is 4.74 Å². The zero-order valence-electron chi connectivity index (χ0n) is 21.9. The Labute approximate surface area is 225 Å². The summed E-state index contributed by atoms with van der Waals surface area (Å²) >= 11 is 0. The van der Waals surface area contributed by atoms with E-state index in [1.807, 2.05) is 12.0 Å². The molecule has 9 heteroatoms. The summed E-state index contributed by atoms with van der Waals surface area (Å²) < 4.78 is 36.7. The predicted molar refractivity (Wildman–Crippen MR) is 146 cm³/mol. The van der Waals surface area contributed by atoms with Crippen molar-refractivity contribution in [1.82, 2.24) is 4.90 Å². The highest BCUT2D eigenvalue weighted by Crippen LogP contribution is 2.45. The van der Waals surface area contributed by atoms with Crippen LogP contribution in [0.2, 0.25) is 0 Å². The lowest BCUT2D eigenvalue weighted by molar-refractivity contribution is -0.123. The van der Waals surface area contributed by atoms with Gasteiger partial charge in [-0.2, -0.15) is 0 Å². The number of likely N-dealkylation sites (N-methyl/N-ethyl adjacent to an activating group) is 1. The van der Waals surface area contributed by atoms with Gasteiger partial charge in [-0.05, 0) is 31.2 Å². The third kappa shape index (κ3) is 5.68. The zero-order valence-corrected chi connectivity index (χ0v) is 21.9. The van der Waals surface area contributed by atoms with Gasteiger partial charge in [0.2, 0.25) is 5.91 Å². The first-order valence-corrected chi connectivity index (χ1v) is 12.5. The number of amides is 2. The molecule has 1 atom stereocenters. The van der Waals surface area contributed by atoms with Crippen LogP contribution in [0.25, 0.3) is 5.57 Å². The molecule has 7 nitrogen and oxygen atoms in total. The van der Waals surface area contributed by atoms with Crippen LogP contribution in [0.15, 0.2) is 89.7 Å². The summed E-state index contributed by atoms with van der Waals surface area (Å²) in [6.07, 6.45) is 3.51. The average Bonchev–Trinajstić information content (AvgIpc) is 3.02. The van der Waals surface area contributed by atoms with E-state index in [1.165, 1.54) is 31.1 Å². The number of fused-ring (bicyclic) bond motifs is 1. The van der Waals surface area contributed by atoms with E-state index in [9.17, 15) is 14.4 Å². The summed E-state index contributed by atoms with van der Waals surface area (Å²) in [4.78, 5) is 40.8. The Morgan fingerprint density at radius 1 is 1.15 bits per heavy atom. The van der Waals surface area contributed by atoms with Gasteiger partial charge in [0.25, 0.3) is 11.8 Å². The van der Waals surface area contributed by atoms with Crippen LogP contribution >= 0.6 is 0 Å². The molecule has 202 valence electrons. The number of alkyl halides is 2. The van der Waals surface area contributed by atoms with E-state index in [0.717, 1.165) is 6.08 Å². The molecule has 4 rings (SSSR count). The fourth-order valence-electron chi connectivity index (χ4n) is 4.59. The van der Waals surface area contributed by atoms with Crippen LogP contribution in [0.1, 0.15) is 18.9 Å². The molecule has 39 heavy (non-hydrogen) atoms. The maximum atomic E-state index is 15.5. The molecule has 2 aliphatic rings. The van der Waals surface area contributed by atoms with E-state index in [2.05, 4.69) is 5.32 Å². The first-order chi connectivity index (χ1) is 18.7. The Balaban J connectivity index is 1.77. The fourth-order valence-corrected chi connectivity index (χ4v) is 4.59. The lowest BCUT2D eigenvalue weighted by atomic mass is 9.93. The van der Waals surface area contributed by atoms with Crippen molar-refractivity contribution in [3.8, 4) is 0 Å². The van der Waals surface area contributed by atoms with Gasteiger partial charge in [-0.25, -0.2) is 13.6 Å². The van der Waals surface area contributed by atoms with Crippen molar-refractivity contribution in [3.63, 3.8) is 0 Å². The Bertz CT molecular complexity index is 1410. The molecule has 0 fully saturated rings. The summed E-state index contributed by atoms with van der Waals surface area (Å²) in [5, 5.41) is 2.78. The molecule has 1 heterocycles. The number of nitrogens with one attached hydrogen (secondary N) is 1. The number of carbonyl (C=O) groups is 2. The number of benzene rings is 2. The third-order valence-electron chi connectivity index (χ3n) is 6.51. The molecule has 1 aliphatic heterocycles. The molecule has 0 saturated heterocycles. The van der Waals surface area contributed by atoms with Crippen LogP contribution in [0.4, 0.5) is 20.2 Å². The number of hydrogen-bond donors (Lipinski definition) is 1. The van der Waals surface area contributed by atoms with Gasteiger partial charge >= 0.3 is 0 Å². The smallest absolute Gasteiger partial charge is 0.275 e. The molecule has 1 unspecified atom stereocenters. The van der Waals surface area contributed by atoms with Gasteiger partial charge in [0.15, 0.2) is 0 Å². The number of carbonyl (C=O) groups excluding carboxylic acids is 3. The molecule has 0 bridgehead atoms. The van der Waals surface area contributed by atoms with Crippen LogP contribution < -0.4 is 10.2 Å². The molecular formula is C30H29F2N3O4. The number of rotatable bonds is 6. The Morgan fingerprint density at radius 2 is 1.85 bits per heavy atom. The van der Waals surface area contributed by atoms with Crippen molar-refractivity contribution in [2.24, 2.45) is 0 Å². The lowest BCUT2D eigenvalue weighted by Crippen LogP contribution is -2.40. The Morgan fingerprint density at radius 3 is 2.51 bits per heavy atom. The molecule has 1 N–H and O–H groups in total. The van der Waals surface area contributed by atoms with Gasteiger partial charge in [0.1, 0.15) is 17.3 Å². The van der Waals surface area contributed by atoms with E-state index < -0.39 is 30.2 Å². The summed E-state index contributed by atoms with van der Waals surface area (Å²) in [5.74, 6) is -2.40. The number of ether oxygens (including phenoxy) is 1. The number of para-hydroxylation sites is 2. The lowest BCUT2D eigenvalue weighted by Gasteiger charge is -2.34. The highest BCUT2D eigenvalue weighted by atomic mass is 19.3. The molecule has 0 aromatic heterocycles. The summed E-state index contributed by atoms with van der Waals surface area (Å²) in [7, 11) is 2.99. The third-order valence-corrected chi connectivity index (χ3v) is 6.51. The van der Waals surface area contributed by atoms with E-state index in [-0.39, 0.29) is 41.2 Å². The van der Waals surface area contributed by atoms with Crippen molar-refractivity contribution in [2.75, 3.05) is 37.5 Å². The quantitative estimate of drug-likeness (QED) is 0.433. The van der Waals surface area contributed by atoms with E-state index in [0.29, 0.717) is 11.4 Å². The molecule has 2 aromatic carbocycles. The maximum Gasteiger partial charge on any atom is 0.275 e. The standard InChI is InChI=1S/C30H29F2N3O4/c1-4-39-28-22(29(38)33-20-10-6-5-7-11-20)14-15-26(23(28)19-36)35-17-16-30(31,32)24(18-27(37)34(2)3)21-12-8-9-13-25(21)35/h5-15,18,26H,4,16-17H2,1-3H3,(H,33,38). The second-order valence-corrected chi connectivity index (χ2v) is 9.27. The number of allylic oxidation sites excluding steroid dienone is 1. The summed E-state index contributed by atoms with van der Waals surface area (Å²) in [5.41, 5.74) is 0.923. The molecule has 0 radical (unpaired) electrons. The van der Waals surface area contributed by atoms with Gasteiger partial charge < -0.3 is 19.9 Å². The minimum Gasteiger partial charge on any atom is -0.492 e. The minimum absolute atomic E-state index is 0.0208. The van der Waals surface area contributed by atoms with Gasteiger partial charge in [-0.1, -0.05) is 42.5 Å². The Hall–Kier alpha value is -4.49. The molecule has 0 saturated carbocycles. The molecule has 1 aliphatic carbocycles. The Kier molecular flexibility index (Phi) is 8.12. The zero-order chi connectivity index (χ0) is 28.2. The first-order valence-electron chi connectivity index (χ1n) is 12.5. The highest BCUT2D eigenvalue weighted by Gasteiger charge is 2.43. The molecular weight excluding hydrogens is 504 g/mol. The van der Waals surface area contributed by atoms with Crippen LogP contribution in [0, 0.1) is 0 Å². The fraction of sp³-hybridized carbons (Fsp3) is 0.267. The van der Waals surface area contributed by atoms with Gasteiger partial charge in [0.05, 0.1) is 18.2 Å². The van der Waals surface area contributed by atoms with E-state index in [1.54, 1.807) is 60.4 Å². The van der Waals surface area contributed by atoms with Gasteiger partial charge in [-0.15, -0.1) is 0 Å². The van der Waals surface area contributed by atoms with Gasteiger partial charge in [0, 0.05) is 55.6 Å². The van der Waals surface area contributed by atoms with Crippen molar-refractivity contribution in [3.05, 3.63) is 95.3 Å². The van der Waals surface area contributed by atoms with E-state index >= 15 is 8.78 Å². The van der Waals surface area contributed by atoms with Crippen LogP contribution in [-0.4, -0.2) is 61.9 Å². The number of nitrogens with zero attached hydrogens (tertiary/aromatic N) is 2. The maximum absolute atomic E-state index is 15.5. The second-order valence-electron chi connectivity index (χ2n) is 9.27. The molecule has 2 aromatic rings. The number of anilines is 2. The molecule has 0 spiro atoms. The normalized spacial score (nSPS) is 19.2. The highest BCUT2D eigenvalue weighted by molar-refractivity contribution is 6.07.